The molecule has 1 heterocycles. The molecule has 0 saturated carbocycles. The standard InChI is InChI=1S/C20H14F4N2O6/c21-19(22)31-15-7-1-11(9-16(15)32-20(23)24)18(27)12-2-8-17(25-10-12)30-14-5-3-13(4-6-14)26(28)29/h1-10,18-20,27H. The first-order valence-electron chi connectivity index (χ1n) is 8.83. The molecule has 8 nitrogen and oxygen atoms in total. The van der Waals surface area contributed by atoms with Crippen LogP contribution in [0.4, 0.5) is 23.2 Å². The van der Waals surface area contributed by atoms with Crippen LogP contribution in [0.15, 0.2) is 60.8 Å². The minimum Gasteiger partial charge on any atom is -0.439 e. The van der Waals surface area contributed by atoms with E-state index in [0.717, 1.165) is 12.1 Å². The van der Waals surface area contributed by atoms with E-state index in [1.807, 2.05) is 0 Å². The van der Waals surface area contributed by atoms with E-state index in [9.17, 15) is 32.8 Å². The number of aliphatic hydroxyl groups is 1. The second-order valence-electron chi connectivity index (χ2n) is 6.15. The molecule has 2 aromatic carbocycles. The number of nitro groups is 1. The van der Waals surface area contributed by atoms with Crippen LogP contribution in [-0.2, 0) is 0 Å². The number of aromatic nitrogens is 1. The second-order valence-corrected chi connectivity index (χ2v) is 6.15. The molecule has 0 bridgehead atoms. The molecule has 0 radical (unpaired) electrons. The SMILES string of the molecule is O=[N+]([O-])c1ccc(Oc2ccc(C(O)c3ccc(OC(F)F)c(OC(F)F)c3)cn2)cc1. The third kappa shape index (κ3) is 5.82. The summed E-state index contributed by atoms with van der Waals surface area (Å²) in [6.45, 7) is -6.54. The van der Waals surface area contributed by atoms with Crippen LogP contribution in [-0.4, -0.2) is 28.2 Å². The van der Waals surface area contributed by atoms with E-state index < -0.39 is 35.7 Å². The second kappa shape index (κ2) is 9.92. The number of pyridine rings is 1. The molecule has 3 rings (SSSR count). The number of ether oxygens (including phenoxy) is 3. The van der Waals surface area contributed by atoms with Gasteiger partial charge in [-0.05, 0) is 35.9 Å². The summed E-state index contributed by atoms with van der Waals surface area (Å²) in [5.41, 5.74) is 0.198. The van der Waals surface area contributed by atoms with E-state index >= 15 is 0 Å². The molecule has 0 aliphatic heterocycles. The van der Waals surface area contributed by atoms with Crippen molar-refractivity contribution in [3.05, 3.63) is 82.0 Å². The predicted molar refractivity (Wildman–Crippen MR) is 101 cm³/mol. The van der Waals surface area contributed by atoms with Gasteiger partial charge in [0.05, 0.1) is 4.92 Å². The van der Waals surface area contributed by atoms with Gasteiger partial charge < -0.3 is 19.3 Å². The molecule has 0 aliphatic carbocycles. The van der Waals surface area contributed by atoms with Crippen molar-refractivity contribution < 1.29 is 41.8 Å². The first kappa shape index (κ1) is 22.7. The van der Waals surface area contributed by atoms with Gasteiger partial charge in [0.2, 0.25) is 5.88 Å². The summed E-state index contributed by atoms with van der Waals surface area (Å²) < 4.78 is 63.9. The van der Waals surface area contributed by atoms with Gasteiger partial charge in [-0.15, -0.1) is 0 Å². The molecular weight excluding hydrogens is 440 g/mol. The summed E-state index contributed by atoms with van der Waals surface area (Å²) >= 11 is 0. The molecule has 0 spiro atoms. The zero-order chi connectivity index (χ0) is 23.3. The molecule has 3 aromatic rings. The maximum absolute atomic E-state index is 12.6. The minimum absolute atomic E-state index is 0.0631. The van der Waals surface area contributed by atoms with Crippen LogP contribution in [0.2, 0.25) is 0 Å². The average Bonchev–Trinajstić information content (AvgIpc) is 2.75. The Balaban J connectivity index is 1.75. The monoisotopic (exact) mass is 454 g/mol. The lowest BCUT2D eigenvalue weighted by molar-refractivity contribution is -0.384. The highest BCUT2D eigenvalue weighted by Gasteiger charge is 2.19. The average molecular weight is 454 g/mol. The van der Waals surface area contributed by atoms with Crippen LogP contribution >= 0.6 is 0 Å². The number of hydrogen-bond acceptors (Lipinski definition) is 7. The fraction of sp³-hybridized carbons (Fsp3) is 0.150. The van der Waals surface area contributed by atoms with Crippen molar-refractivity contribution in [2.45, 2.75) is 19.3 Å². The summed E-state index contributed by atoms with van der Waals surface area (Å²) in [6, 6.07) is 11.3. The van der Waals surface area contributed by atoms with E-state index in [1.54, 1.807) is 0 Å². The summed E-state index contributed by atoms with van der Waals surface area (Å²) in [6.07, 6.45) is -0.0978. The number of rotatable bonds is 9. The maximum Gasteiger partial charge on any atom is 0.387 e. The van der Waals surface area contributed by atoms with Crippen molar-refractivity contribution in [1.82, 2.24) is 4.98 Å². The van der Waals surface area contributed by atoms with E-state index in [4.69, 9.17) is 4.74 Å². The van der Waals surface area contributed by atoms with Crippen LogP contribution in [0.3, 0.4) is 0 Å². The van der Waals surface area contributed by atoms with Crippen LogP contribution in [0.1, 0.15) is 17.2 Å². The largest absolute Gasteiger partial charge is 0.439 e. The number of halogens is 4. The first-order chi connectivity index (χ1) is 15.2. The normalized spacial score (nSPS) is 12.0. The Labute approximate surface area is 177 Å². The molecule has 168 valence electrons. The van der Waals surface area contributed by atoms with Gasteiger partial charge in [-0.2, -0.15) is 17.6 Å². The van der Waals surface area contributed by atoms with E-state index in [-0.39, 0.29) is 22.7 Å². The number of nitro benzene ring substituents is 1. The van der Waals surface area contributed by atoms with Gasteiger partial charge in [0.1, 0.15) is 11.9 Å². The molecule has 1 N–H and O–H groups in total. The van der Waals surface area contributed by atoms with E-state index in [0.29, 0.717) is 5.75 Å². The number of hydrogen-bond donors (Lipinski definition) is 1. The Morgan fingerprint density at radius 3 is 2.06 bits per heavy atom. The van der Waals surface area contributed by atoms with Gasteiger partial charge in [-0.1, -0.05) is 6.07 Å². The molecule has 32 heavy (non-hydrogen) atoms. The van der Waals surface area contributed by atoms with Crippen molar-refractivity contribution in [1.29, 1.82) is 0 Å². The van der Waals surface area contributed by atoms with Crippen molar-refractivity contribution in [2.75, 3.05) is 0 Å². The third-order valence-electron chi connectivity index (χ3n) is 4.06. The summed E-state index contributed by atoms with van der Waals surface area (Å²) in [5.74, 6) is -0.860. The zero-order valence-electron chi connectivity index (χ0n) is 15.9. The van der Waals surface area contributed by atoms with Crippen molar-refractivity contribution >= 4 is 5.69 Å². The number of alkyl halides is 4. The quantitative estimate of drug-likeness (QED) is 0.274. The lowest BCUT2D eigenvalue weighted by Gasteiger charge is -2.16. The Kier molecular flexibility index (Phi) is 7.05. The summed E-state index contributed by atoms with van der Waals surface area (Å²) in [5, 5.41) is 21.2. The van der Waals surface area contributed by atoms with Crippen molar-refractivity contribution in [2.24, 2.45) is 0 Å². The zero-order valence-corrected chi connectivity index (χ0v) is 15.9. The maximum atomic E-state index is 12.6. The number of non-ortho nitro benzene ring substituents is 1. The van der Waals surface area contributed by atoms with Crippen LogP contribution in [0, 0.1) is 10.1 Å². The Morgan fingerprint density at radius 2 is 1.50 bits per heavy atom. The fourth-order valence-electron chi connectivity index (χ4n) is 2.64. The smallest absolute Gasteiger partial charge is 0.387 e. The lowest BCUT2D eigenvalue weighted by atomic mass is 10.0. The molecule has 0 amide bonds. The highest BCUT2D eigenvalue weighted by Crippen LogP contribution is 2.35. The number of aliphatic hydroxyl groups excluding tert-OH is 1. The predicted octanol–water partition coefficient (Wildman–Crippen LogP) is 5.07. The lowest BCUT2D eigenvalue weighted by Crippen LogP contribution is -2.09. The van der Waals surface area contributed by atoms with Gasteiger partial charge in [-0.3, -0.25) is 10.1 Å². The highest BCUT2D eigenvalue weighted by molar-refractivity contribution is 5.45. The van der Waals surface area contributed by atoms with Crippen LogP contribution in [0.5, 0.6) is 23.1 Å². The molecule has 0 saturated heterocycles. The Bertz CT molecular complexity index is 1060. The van der Waals surface area contributed by atoms with Gasteiger partial charge in [0.25, 0.3) is 5.69 Å². The fourth-order valence-corrected chi connectivity index (χ4v) is 2.64. The molecule has 1 unspecified atom stereocenters. The highest BCUT2D eigenvalue weighted by atomic mass is 19.3. The van der Waals surface area contributed by atoms with Crippen molar-refractivity contribution in [3.63, 3.8) is 0 Å². The number of nitrogens with zero attached hydrogens (tertiary/aromatic N) is 2. The van der Waals surface area contributed by atoms with Crippen LogP contribution < -0.4 is 14.2 Å². The Hall–Kier alpha value is -3.93. The summed E-state index contributed by atoms with van der Waals surface area (Å²) in [7, 11) is 0. The Morgan fingerprint density at radius 1 is 0.875 bits per heavy atom. The van der Waals surface area contributed by atoms with Gasteiger partial charge in [0.15, 0.2) is 11.5 Å². The minimum atomic E-state index is -3.29. The van der Waals surface area contributed by atoms with Gasteiger partial charge in [-0.25, -0.2) is 4.98 Å². The molecule has 1 atom stereocenters. The van der Waals surface area contributed by atoms with Gasteiger partial charge in [0, 0.05) is 30.0 Å². The molecule has 1 aromatic heterocycles. The van der Waals surface area contributed by atoms with E-state index in [1.165, 1.54) is 48.7 Å². The van der Waals surface area contributed by atoms with Crippen LogP contribution in [0.25, 0.3) is 0 Å². The van der Waals surface area contributed by atoms with E-state index in [2.05, 4.69) is 14.5 Å². The molecule has 0 fully saturated rings. The summed E-state index contributed by atoms with van der Waals surface area (Å²) in [4.78, 5) is 14.1. The number of benzene rings is 2. The molecule has 0 aliphatic rings. The molecule has 12 heteroatoms. The molecular formula is C20H14F4N2O6. The van der Waals surface area contributed by atoms with Crippen molar-refractivity contribution in [3.8, 4) is 23.1 Å². The third-order valence-corrected chi connectivity index (χ3v) is 4.06. The first-order valence-corrected chi connectivity index (χ1v) is 8.83. The van der Waals surface area contributed by atoms with Gasteiger partial charge >= 0.3 is 13.2 Å². The topological polar surface area (TPSA) is 104 Å².